The van der Waals surface area contributed by atoms with Gasteiger partial charge in [0.15, 0.2) is 0 Å². The fraction of sp³-hybridized carbons (Fsp3) is 0.562. The molecule has 0 heterocycles. The summed E-state index contributed by atoms with van der Waals surface area (Å²) in [6, 6.07) is 7.15. The molecule has 3 nitrogen and oxygen atoms in total. The number of carbonyl (C=O) groups is 1. The van der Waals surface area contributed by atoms with E-state index in [1.54, 1.807) is 18.2 Å². The molecule has 1 fully saturated rings. The Morgan fingerprint density at radius 1 is 1.47 bits per heavy atom. The molecule has 3 heteroatoms. The van der Waals surface area contributed by atoms with Gasteiger partial charge in [-0.05, 0) is 48.4 Å². The lowest BCUT2D eigenvalue weighted by molar-refractivity contribution is 0.0696. The molecule has 1 atom stereocenters. The quantitative estimate of drug-likeness (QED) is 0.855. The van der Waals surface area contributed by atoms with Crippen LogP contribution in [0.4, 0.5) is 0 Å². The van der Waals surface area contributed by atoms with Crippen LogP contribution >= 0.6 is 0 Å². The summed E-state index contributed by atoms with van der Waals surface area (Å²) in [5.41, 5.74) is 1.84. The third kappa shape index (κ3) is 3.57. The average molecular weight is 261 g/mol. The van der Waals surface area contributed by atoms with E-state index in [0.717, 1.165) is 24.6 Å². The van der Waals surface area contributed by atoms with Crippen LogP contribution in [-0.4, -0.2) is 17.6 Å². The Morgan fingerprint density at radius 2 is 2.26 bits per heavy atom. The fourth-order valence-corrected chi connectivity index (χ4v) is 2.98. The number of carboxylic acid groups (broad SMARTS) is 1. The molecule has 0 aromatic heterocycles. The van der Waals surface area contributed by atoms with Gasteiger partial charge in [0.25, 0.3) is 0 Å². The molecule has 0 bridgehead atoms. The number of nitrogens with one attached hydrogen (secondary N) is 1. The average Bonchev–Trinajstić information content (AvgIpc) is 2.69. The number of hydrogen-bond acceptors (Lipinski definition) is 2. The first kappa shape index (κ1) is 14.1. The van der Waals surface area contributed by atoms with Crippen LogP contribution in [0.25, 0.3) is 0 Å². The van der Waals surface area contributed by atoms with Gasteiger partial charge in [0.1, 0.15) is 0 Å². The standard InChI is InChI=1S/C16H23NO2/c1-16(2)8-4-7-14(16)11-17-10-12-5-3-6-13(9-12)15(18)19/h3,5-6,9,14,17H,4,7-8,10-11H2,1-2H3,(H,18,19). The lowest BCUT2D eigenvalue weighted by Gasteiger charge is -2.27. The van der Waals surface area contributed by atoms with E-state index in [-0.39, 0.29) is 0 Å². The molecule has 0 amide bonds. The minimum absolute atomic E-state index is 0.362. The lowest BCUT2D eigenvalue weighted by atomic mass is 9.82. The van der Waals surface area contributed by atoms with Gasteiger partial charge in [-0.2, -0.15) is 0 Å². The number of benzene rings is 1. The summed E-state index contributed by atoms with van der Waals surface area (Å²) >= 11 is 0. The summed E-state index contributed by atoms with van der Waals surface area (Å²) in [7, 11) is 0. The van der Waals surface area contributed by atoms with Crippen LogP contribution in [0, 0.1) is 11.3 Å². The Bertz CT molecular complexity index is 454. The van der Waals surface area contributed by atoms with Crippen LogP contribution < -0.4 is 5.32 Å². The summed E-state index contributed by atoms with van der Waals surface area (Å²) in [6.45, 7) is 6.45. The smallest absolute Gasteiger partial charge is 0.335 e. The van der Waals surface area contributed by atoms with E-state index in [2.05, 4.69) is 19.2 Å². The van der Waals surface area contributed by atoms with Gasteiger partial charge < -0.3 is 10.4 Å². The number of carboxylic acids is 1. The number of aromatic carboxylic acids is 1. The highest BCUT2D eigenvalue weighted by Crippen LogP contribution is 2.41. The summed E-state index contributed by atoms with van der Waals surface area (Å²) in [5, 5.41) is 12.4. The third-order valence-corrected chi connectivity index (χ3v) is 4.37. The fourth-order valence-electron chi connectivity index (χ4n) is 2.98. The van der Waals surface area contributed by atoms with Gasteiger partial charge in [0, 0.05) is 6.54 Å². The first-order chi connectivity index (χ1) is 8.99. The van der Waals surface area contributed by atoms with Crippen LogP contribution in [0.1, 0.15) is 49.0 Å². The molecule has 1 saturated carbocycles. The molecule has 19 heavy (non-hydrogen) atoms. The van der Waals surface area contributed by atoms with Gasteiger partial charge in [-0.1, -0.05) is 32.4 Å². The van der Waals surface area contributed by atoms with Crippen molar-refractivity contribution in [2.24, 2.45) is 11.3 Å². The molecule has 0 aliphatic heterocycles. The Morgan fingerprint density at radius 3 is 2.89 bits per heavy atom. The maximum atomic E-state index is 10.9. The van der Waals surface area contributed by atoms with E-state index in [9.17, 15) is 4.79 Å². The molecule has 2 rings (SSSR count). The summed E-state index contributed by atoms with van der Waals surface area (Å²) < 4.78 is 0. The molecule has 1 aromatic rings. The van der Waals surface area contributed by atoms with Crippen molar-refractivity contribution in [3.8, 4) is 0 Å². The predicted octanol–water partition coefficient (Wildman–Crippen LogP) is 3.30. The zero-order chi connectivity index (χ0) is 13.9. The van der Waals surface area contributed by atoms with Crippen molar-refractivity contribution in [2.45, 2.75) is 39.7 Å². The number of rotatable bonds is 5. The van der Waals surface area contributed by atoms with Gasteiger partial charge >= 0.3 is 5.97 Å². The predicted molar refractivity (Wildman–Crippen MR) is 76.2 cm³/mol. The molecule has 104 valence electrons. The van der Waals surface area contributed by atoms with Gasteiger partial charge in [-0.3, -0.25) is 0 Å². The van der Waals surface area contributed by atoms with E-state index in [1.807, 2.05) is 6.07 Å². The highest BCUT2D eigenvalue weighted by molar-refractivity contribution is 5.87. The van der Waals surface area contributed by atoms with Crippen molar-refractivity contribution in [2.75, 3.05) is 6.54 Å². The zero-order valence-corrected chi connectivity index (χ0v) is 11.8. The SMILES string of the molecule is CC1(C)CCCC1CNCc1cccc(C(=O)O)c1. The molecule has 0 saturated heterocycles. The Balaban J connectivity index is 1.86. The van der Waals surface area contributed by atoms with Crippen molar-refractivity contribution in [1.82, 2.24) is 5.32 Å². The summed E-state index contributed by atoms with van der Waals surface area (Å²) in [6.07, 6.45) is 3.94. The van der Waals surface area contributed by atoms with E-state index in [1.165, 1.54) is 19.3 Å². The lowest BCUT2D eigenvalue weighted by Crippen LogP contribution is -2.29. The van der Waals surface area contributed by atoms with Crippen LogP contribution in [-0.2, 0) is 6.54 Å². The zero-order valence-electron chi connectivity index (χ0n) is 11.8. The normalized spacial score (nSPS) is 21.5. The monoisotopic (exact) mass is 261 g/mol. The molecule has 0 radical (unpaired) electrons. The molecule has 2 N–H and O–H groups in total. The highest BCUT2D eigenvalue weighted by Gasteiger charge is 2.33. The molecule has 1 aliphatic rings. The first-order valence-electron chi connectivity index (χ1n) is 7.02. The first-order valence-corrected chi connectivity index (χ1v) is 7.02. The molecular formula is C16H23NO2. The van der Waals surface area contributed by atoms with Crippen LogP contribution in [0.15, 0.2) is 24.3 Å². The van der Waals surface area contributed by atoms with Crippen LogP contribution in [0.5, 0.6) is 0 Å². The van der Waals surface area contributed by atoms with Gasteiger partial charge in [-0.25, -0.2) is 4.79 Å². The van der Waals surface area contributed by atoms with E-state index < -0.39 is 5.97 Å². The van der Waals surface area contributed by atoms with Gasteiger partial charge in [0.05, 0.1) is 5.56 Å². The topological polar surface area (TPSA) is 49.3 Å². The van der Waals surface area contributed by atoms with E-state index in [0.29, 0.717) is 11.0 Å². The van der Waals surface area contributed by atoms with Gasteiger partial charge in [-0.15, -0.1) is 0 Å². The van der Waals surface area contributed by atoms with Crippen LogP contribution in [0.3, 0.4) is 0 Å². The minimum atomic E-state index is -0.862. The maximum absolute atomic E-state index is 10.9. The Kier molecular flexibility index (Phi) is 4.25. The van der Waals surface area contributed by atoms with Crippen molar-refractivity contribution in [1.29, 1.82) is 0 Å². The molecule has 1 aromatic carbocycles. The highest BCUT2D eigenvalue weighted by atomic mass is 16.4. The molecule has 1 aliphatic carbocycles. The van der Waals surface area contributed by atoms with Crippen LogP contribution in [0.2, 0.25) is 0 Å². The summed E-state index contributed by atoms with van der Waals surface area (Å²) in [4.78, 5) is 10.9. The van der Waals surface area contributed by atoms with Crippen molar-refractivity contribution in [3.05, 3.63) is 35.4 Å². The summed E-state index contributed by atoms with van der Waals surface area (Å²) in [5.74, 6) is -0.131. The second kappa shape index (κ2) is 5.74. The Hall–Kier alpha value is -1.35. The molecular weight excluding hydrogens is 238 g/mol. The molecule has 1 unspecified atom stereocenters. The van der Waals surface area contributed by atoms with E-state index in [4.69, 9.17) is 5.11 Å². The second-order valence-corrected chi connectivity index (χ2v) is 6.21. The second-order valence-electron chi connectivity index (χ2n) is 6.21. The maximum Gasteiger partial charge on any atom is 0.335 e. The number of hydrogen-bond donors (Lipinski definition) is 2. The minimum Gasteiger partial charge on any atom is -0.478 e. The van der Waals surface area contributed by atoms with E-state index >= 15 is 0 Å². The Labute approximate surface area is 115 Å². The molecule has 0 spiro atoms. The van der Waals surface area contributed by atoms with Crippen molar-refractivity contribution in [3.63, 3.8) is 0 Å². The third-order valence-electron chi connectivity index (χ3n) is 4.37. The van der Waals surface area contributed by atoms with Crippen molar-refractivity contribution >= 4 is 5.97 Å². The van der Waals surface area contributed by atoms with Gasteiger partial charge in [0.2, 0.25) is 0 Å². The van der Waals surface area contributed by atoms with Crippen molar-refractivity contribution < 1.29 is 9.90 Å². The largest absolute Gasteiger partial charge is 0.478 e.